The smallest absolute Gasteiger partial charge is 0.270 e. The van der Waals surface area contributed by atoms with Crippen LogP contribution in [0.4, 0.5) is 11.5 Å². The zero-order valence-corrected chi connectivity index (χ0v) is 14.2. The number of carbonyl (C=O) groups excluding carboxylic acids is 1. The van der Waals surface area contributed by atoms with Crippen LogP contribution in [0.5, 0.6) is 11.5 Å². The second kappa shape index (κ2) is 8.32. The number of rotatable bonds is 7. The van der Waals surface area contributed by atoms with Gasteiger partial charge in [-0.2, -0.15) is 0 Å². The Morgan fingerprint density at radius 1 is 1.12 bits per heavy atom. The number of nitrogens with zero attached hydrogens (tertiary/aromatic N) is 2. The second-order valence-electron chi connectivity index (χ2n) is 5.73. The molecule has 0 fully saturated rings. The van der Waals surface area contributed by atoms with E-state index in [1.54, 1.807) is 6.07 Å². The molecule has 0 saturated carbocycles. The number of unbranched alkanes of at least 4 members (excludes halogenated alkanes) is 2. The Labute approximate surface area is 146 Å². The first kappa shape index (κ1) is 17.0. The van der Waals surface area contributed by atoms with Crippen LogP contribution in [0, 0.1) is 0 Å². The highest BCUT2D eigenvalue weighted by Crippen LogP contribution is 2.33. The fourth-order valence-corrected chi connectivity index (χ4v) is 2.49. The predicted octanol–water partition coefficient (Wildman–Crippen LogP) is 2.91. The van der Waals surface area contributed by atoms with Crippen molar-refractivity contribution in [3.8, 4) is 11.5 Å². The van der Waals surface area contributed by atoms with Gasteiger partial charge in [0.1, 0.15) is 31.1 Å². The molecule has 0 bridgehead atoms. The van der Waals surface area contributed by atoms with Gasteiger partial charge in [0, 0.05) is 24.4 Å². The van der Waals surface area contributed by atoms with E-state index in [4.69, 9.17) is 9.47 Å². The van der Waals surface area contributed by atoms with Crippen molar-refractivity contribution in [3.05, 3.63) is 36.3 Å². The summed E-state index contributed by atoms with van der Waals surface area (Å²) in [5, 5.41) is 6.03. The van der Waals surface area contributed by atoms with E-state index < -0.39 is 0 Å². The Hall–Kier alpha value is -2.83. The predicted molar refractivity (Wildman–Crippen MR) is 94.6 cm³/mol. The number of hydrogen-bond acceptors (Lipinski definition) is 6. The number of nitrogens with one attached hydrogen (secondary N) is 2. The molecule has 1 aliphatic heterocycles. The molecule has 0 atom stereocenters. The van der Waals surface area contributed by atoms with Crippen LogP contribution in [-0.4, -0.2) is 35.6 Å². The average molecular weight is 342 g/mol. The molecule has 0 unspecified atom stereocenters. The van der Waals surface area contributed by atoms with Gasteiger partial charge in [-0.15, -0.1) is 0 Å². The van der Waals surface area contributed by atoms with Crippen molar-refractivity contribution in [2.45, 2.75) is 26.2 Å². The van der Waals surface area contributed by atoms with Gasteiger partial charge in [0.25, 0.3) is 5.91 Å². The summed E-state index contributed by atoms with van der Waals surface area (Å²) in [5.74, 6) is 1.78. The summed E-state index contributed by atoms with van der Waals surface area (Å²) >= 11 is 0. The van der Waals surface area contributed by atoms with E-state index in [1.807, 2.05) is 18.2 Å². The number of aromatic nitrogens is 2. The number of amides is 1. The molecule has 1 amide bonds. The molecule has 25 heavy (non-hydrogen) atoms. The van der Waals surface area contributed by atoms with Gasteiger partial charge >= 0.3 is 0 Å². The first-order chi connectivity index (χ1) is 12.3. The summed E-state index contributed by atoms with van der Waals surface area (Å²) < 4.78 is 11.1. The summed E-state index contributed by atoms with van der Waals surface area (Å²) in [6, 6.07) is 7.20. The van der Waals surface area contributed by atoms with Crippen molar-refractivity contribution in [1.82, 2.24) is 15.3 Å². The largest absolute Gasteiger partial charge is 0.486 e. The van der Waals surface area contributed by atoms with Gasteiger partial charge < -0.3 is 20.1 Å². The minimum atomic E-state index is -0.191. The lowest BCUT2D eigenvalue weighted by Gasteiger charge is -2.19. The summed E-state index contributed by atoms with van der Waals surface area (Å²) in [6.07, 6.45) is 4.56. The Bertz CT molecular complexity index is 736. The first-order valence-corrected chi connectivity index (χ1v) is 8.53. The standard InChI is InChI=1S/C18H22N4O3/c1-2-3-4-7-19-18(23)14-11-17(21-12-20-14)22-13-5-6-15-16(10-13)25-9-8-24-15/h5-6,10-12H,2-4,7-9H2,1H3,(H,19,23)(H,20,21,22). The number of carbonyl (C=O) groups is 1. The molecule has 7 nitrogen and oxygen atoms in total. The van der Waals surface area contributed by atoms with E-state index in [-0.39, 0.29) is 5.91 Å². The topological polar surface area (TPSA) is 85.4 Å². The first-order valence-electron chi connectivity index (χ1n) is 8.53. The molecule has 2 N–H and O–H groups in total. The van der Waals surface area contributed by atoms with Gasteiger partial charge in [-0.3, -0.25) is 4.79 Å². The number of anilines is 2. The molecule has 2 heterocycles. The van der Waals surface area contributed by atoms with Crippen molar-refractivity contribution in [2.24, 2.45) is 0 Å². The lowest BCUT2D eigenvalue weighted by Crippen LogP contribution is -2.25. The Morgan fingerprint density at radius 3 is 2.80 bits per heavy atom. The van der Waals surface area contributed by atoms with Crippen LogP contribution < -0.4 is 20.1 Å². The van der Waals surface area contributed by atoms with Gasteiger partial charge in [-0.25, -0.2) is 9.97 Å². The molecule has 0 saturated heterocycles. The van der Waals surface area contributed by atoms with Crippen LogP contribution in [0.25, 0.3) is 0 Å². The van der Waals surface area contributed by atoms with E-state index in [2.05, 4.69) is 27.5 Å². The van der Waals surface area contributed by atoms with E-state index >= 15 is 0 Å². The zero-order valence-electron chi connectivity index (χ0n) is 14.2. The highest BCUT2D eigenvalue weighted by atomic mass is 16.6. The van der Waals surface area contributed by atoms with E-state index in [9.17, 15) is 4.79 Å². The highest BCUT2D eigenvalue weighted by molar-refractivity contribution is 5.92. The molecular formula is C18H22N4O3. The maximum atomic E-state index is 12.1. The third-order valence-corrected chi connectivity index (χ3v) is 3.78. The fraction of sp³-hybridized carbons (Fsp3) is 0.389. The van der Waals surface area contributed by atoms with Gasteiger partial charge in [0.15, 0.2) is 11.5 Å². The maximum absolute atomic E-state index is 12.1. The minimum Gasteiger partial charge on any atom is -0.486 e. The lowest BCUT2D eigenvalue weighted by atomic mass is 10.2. The number of benzene rings is 1. The van der Waals surface area contributed by atoms with Crippen molar-refractivity contribution >= 4 is 17.4 Å². The summed E-state index contributed by atoms with van der Waals surface area (Å²) in [4.78, 5) is 20.3. The van der Waals surface area contributed by atoms with Gasteiger partial charge in [0.2, 0.25) is 0 Å². The molecule has 132 valence electrons. The number of ether oxygens (including phenoxy) is 2. The van der Waals surface area contributed by atoms with Crippen LogP contribution in [0.3, 0.4) is 0 Å². The molecule has 3 rings (SSSR count). The summed E-state index contributed by atoms with van der Waals surface area (Å²) in [5.41, 5.74) is 1.14. The van der Waals surface area contributed by atoms with Crippen molar-refractivity contribution in [1.29, 1.82) is 0 Å². The molecular weight excluding hydrogens is 320 g/mol. The lowest BCUT2D eigenvalue weighted by molar-refractivity contribution is 0.0948. The van der Waals surface area contributed by atoms with Gasteiger partial charge in [-0.1, -0.05) is 19.8 Å². The Kier molecular flexibility index (Phi) is 5.66. The van der Waals surface area contributed by atoms with Crippen LogP contribution in [0.15, 0.2) is 30.6 Å². The normalized spacial score (nSPS) is 12.5. The highest BCUT2D eigenvalue weighted by Gasteiger charge is 2.13. The monoisotopic (exact) mass is 342 g/mol. The maximum Gasteiger partial charge on any atom is 0.270 e. The van der Waals surface area contributed by atoms with Crippen LogP contribution >= 0.6 is 0 Å². The molecule has 1 aromatic heterocycles. The van der Waals surface area contributed by atoms with Gasteiger partial charge in [-0.05, 0) is 18.6 Å². The zero-order chi connectivity index (χ0) is 17.5. The van der Waals surface area contributed by atoms with E-state index in [0.29, 0.717) is 37.0 Å². The van der Waals surface area contributed by atoms with Crippen LogP contribution in [-0.2, 0) is 0 Å². The third-order valence-electron chi connectivity index (χ3n) is 3.78. The average Bonchev–Trinajstić information content (AvgIpc) is 2.65. The van der Waals surface area contributed by atoms with Crippen LogP contribution in [0.1, 0.15) is 36.7 Å². The second-order valence-corrected chi connectivity index (χ2v) is 5.73. The van der Waals surface area contributed by atoms with Crippen molar-refractivity contribution < 1.29 is 14.3 Å². The fourth-order valence-electron chi connectivity index (χ4n) is 2.49. The minimum absolute atomic E-state index is 0.191. The molecule has 1 aromatic carbocycles. The quantitative estimate of drug-likeness (QED) is 0.753. The Morgan fingerprint density at radius 2 is 1.96 bits per heavy atom. The van der Waals surface area contributed by atoms with Crippen molar-refractivity contribution in [2.75, 3.05) is 25.1 Å². The third kappa shape index (κ3) is 4.59. The number of hydrogen-bond donors (Lipinski definition) is 2. The molecule has 7 heteroatoms. The molecule has 0 spiro atoms. The SMILES string of the molecule is CCCCCNC(=O)c1cc(Nc2ccc3c(c2)OCCO3)ncn1. The number of fused-ring (bicyclic) bond motifs is 1. The van der Waals surface area contributed by atoms with E-state index in [1.165, 1.54) is 6.33 Å². The molecule has 0 aliphatic carbocycles. The molecule has 0 radical (unpaired) electrons. The summed E-state index contributed by atoms with van der Waals surface area (Å²) in [6.45, 7) is 3.87. The van der Waals surface area contributed by atoms with E-state index in [0.717, 1.165) is 30.7 Å². The van der Waals surface area contributed by atoms with Gasteiger partial charge in [0.05, 0.1) is 0 Å². The van der Waals surface area contributed by atoms with Crippen LogP contribution in [0.2, 0.25) is 0 Å². The van der Waals surface area contributed by atoms with Crippen molar-refractivity contribution in [3.63, 3.8) is 0 Å². The summed E-state index contributed by atoms with van der Waals surface area (Å²) in [7, 11) is 0. The molecule has 2 aromatic rings. The molecule has 1 aliphatic rings. The Balaban J connectivity index is 1.64.